The lowest BCUT2D eigenvalue weighted by Crippen LogP contribution is -2.47. The van der Waals surface area contributed by atoms with Gasteiger partial charge in [-0.05, 0) is 50.8 Å². The van der Waals surface area contributed by atoms with Crippen LogP contribution in [0.3, 0.4) is 0 Å². The van der Waals surface area contributed by atoms with Crippen molar-refractivity contribution < 1.29 is 9.59 Å². The zero-order valence-corrected chi connectivity index (χ0v) is 14.0. The van der Waals surface area contributed by atoms with Crippen molar-refractivity contribution in [1.82, 2.24) is 15.2 Å². The Kier molecular flexibility index (Phi) is 3.79. The fourth-order valence-electron chi connectivity index (χ4n) is 3.47. The molecular formula is C19H23N3O2. The number of rotatable bonds is 3. The number of hydrogen-bond acceptors (Lipinski definition) is 2. The first kappa shape index (κ1) is 15.2. The fraction of sp³-hybridized carbons (Fsp3) is 0.474. The largest absolute Gasteiger partial charge is 0.351 e. The third kappa shape index (κ3) is 3.03. The van der Waals surface area contributed by atoms with Crippen molar-refractivity contribution in [3.63, 3.8) is 0 Å². The van der Waals surface area contributed by atoms with Gasteiger partial charge in [0.15, 0.2) is 0 Å². The molecule has 2 amide bonds. The van der Waals surface area contributed by atoms with Crippen molar-refractivity contribution in [2.45, 2.75) is 38.6 Å². The van der Waals surface area contributed by atoms with Crippen LogP contribution in [-0.4, -0.2) is 40.8 Å². The molecule has 2 N–H and O–H groups in total. The number of fused-ring (bicyclic) bond motifs is 1. The average molecular weight is 325 g/mol. The third-order valence-electron chi connectivity index (χ3n) is 5.09. The molecule has 5 nitrogen and oxygen atoms in total. The summed E-state index contributed by atoms with van der Waals surface area (Å²) in [6.07, 6.45) is 3.78. The van der Waals surface area contributed by atoms with Gasteiger partial charge in [0.05, 0.1) is 0 Å². The van der Waals surface area contributed by atoms with E-state index >= 15 is 0 Å². The zero-order valence-electron chi connectivity index (χ0n) is 14.0. The molecule has 0 bridgehead atoms. The predicted molar refractivity (Wildman–Crippen MR) is 92.8 cm³/mol. The molecule has 0 spiro atoms. The van der Waals surface area contributed by atoms with Crippen LogP contribution in [0.1, 0.15) is 41.7 Å². The van der Waals surface area contributed by atoms with Crippen molar-refractivity contribution in [2.24, 2.45) is 5.92 Å². The Hall–Kier alpha value is -2.30. The number of likely N-dealkylation sites (tertiary alicyclic amines) is 1. The molecule has 1 saturated carbocycles. The van der Waals surface area contributed by atoms with Crippen molar-refractivity contribution in [3.05, 3.63) is 35.5 Å². The number of H-pyrrole nitrogens is 1. The quantitative estimate of drug-likeness (QED) is 0.911. The van der Waals surface area contributed by atoms with Gasteiger partial charge in [0.1, 0.15) is 5.69 Å². The van der Waals surface area contributed by atoms with E-state index in [0.29, 0.717) is 11.6 Å². The number of aromatic amines is 1. The summed E-state index contributed by atoms with van der Waals surface area (Å²) in [6.45, 7) is 3.56. The van der Waals surface area contributed by atoms with Crippen LogP contribution in [-0.2, 0) is 4.79 Å². The van der Waals surface area contributed by atoms with Crippen LogP contribution in [0.4, 0.5) is 0 Å². The monoisotopic (exact) mass is 325 g/mol. The molecule has 0 unspecified atom stereocenters. The first-order valence-corrected chi connectivity index (χ1v) is 8.79. The number of carbonyl (C=O) groups excluding carboxylic acids is 2. The number of hydrogen-bond donors (Lipinski definition) is 2. The van der Waals surface area contributed by atoms with E-state index in [9.17, 15) is 9.59 Å². The maximum absolute atomic E-state index is 12.5. The number of nitrogens with one attached hydrogen (secondary N) is 2. The summed E-state index contributed by atoms with van der Waals surface area (Å²) in [5.74, 6) is 0.535. The molecule has 126 valence electrons. The molecule has 1 saturated heterocycles. The summed E-state index contributed by atoms with van der Waals surface area (Å²) < 4.78 is 0. The van der Waals surface area contributed by atoms with Gasteiger partial charge in [0.2, 0.25) is 5.91 Å². The number of aromatic nitrogens is 1. The summed E-state index contributed by atoms with van der Waals surface area (Å²) in [5, 5.41) is 4.17. The summed E-state index contributed by atoms with van der Waals surface area (Å²) in [4.78, 5) is 29.7. The molecule has 2 heterocycles. The van der Waals surface area contributed by atoms with Gasteiger partial charge in [-0.3, -0.25) is 9.59 Å². The lowest BCUT2D eigenvalue weighted by Gasteiger charge is -2.32. The van der Waals surface area contributed by atoms with E-state index in [1.54, 1.807) is 0 Å². The first-order valence-electron chi connectivity index (χ1n) is 8.79. The molecule has 0 radical (unpaired) electrons. The van der Waals surface area contributed by atoms with Gasteiger partial charge in [0.25, 0.3) is 5.91 Å². The Bertz CT molecular complexity index is 783. The molecule has 1 aliphatic heterocycles. The maximum Gasteiger partial charge on any atom is 0.267 e. The van der Waals surface area contributed by atoms with E-state index in [1.807, 2.05) is 30.0 Å². The number of aryl methyl sites for hydroxylation is 1. The Morgan fingerprint density at radius 3 is 2.58 bits per heavy atom. The molecule has 2 fully saturated rings. The van der Waals surface area contributed by atoms with Gasteiger partial charge in [-0.2, -0.15) is 0 Å². The van der Waals surface area contributed by atoms with Gasteiger partial charge >= 0.3 is 0 Å². The molecule has 1 aromatic carbocycles. The number of piperidine rings is 1. The second kappa shape index (κ2) is 5.96. The molecule has 24 heavy (non-hydrogen) atoms. The second-order valence-electron chi connectivity index (χ2n) is 7.12. The van der Waals surface area contributed by atoms with Crippen LogP contribution in [0.5, 0.6) is 0 Å². The van der Waals surface area contributed by atoms with Crippen LogP contribution < -0.4 is 5.32 Å². The van der Waals surface area contributed by atoms with Crippen LogP contribution >= 0.6 is 0 Å². The third-order valence-corrected chi connectivity index (χ3v) is 5.09. The lowest BCUT2D eigenvalue weighted by atomic mass is 10.0. The van der Waals surface area contributed by atoms with E-state index in [4.69, 9.17) is 0 Å². The summed E-state index contributed by atoms with van der Waals surface area (Å²) in [5.41, 5.74) is 2.77. The molecule has 5 heteroatoms. The van der Waals surface area contributed by atoms with Gasteiger partial charge in [-0.25, -0.2) is 0 Å². The molecule has 1 aliphatic carbocycles. The Morgan fingerprint density at radius 2 is 1.88 bits per heavy atom. The molecule has 4 rings (SSSR count). The lowest BCUT2D eigenvalue weighted by molar-refractivity contribution is -0.133. The number of benzene rings is 1. The predicted octanol–water partition coefficient (Wildman–Crippen LogP) is 2.61. The van der Waals surface area contributed by atoms with E-state index in [1.165, 1.54) is 5.56 Å². The highest BCUT2D eigenvalue weighted by molar-refractivity contribution is 5.98. The normalized spacial score (nSPS) is 18.8. The minimum atomic E-state index is -0.0594. The van der Waals surface area contributed by atoms with Crippen LogP contribution in [0, 0.1) is 12.8 Å². The summed E-state index contributed by atoms with van der Waals surface area (Å²) in [7, 11) is 0. The Balaban J connectivity index is 1.36. The van der Waals surface area contributed by atoms with Crippen LogP contribution in [0.2, 0.25) is 0 Å². The fourth-order valence-corrected chi connectivity index (χ4v) is 3.47. The second-order valence-corrected chi connectivity index (χ2v) is 7.12. The van der Waals surface area contributed by atoms with E-state index in [-0.39, 0.29) is 17.9 Å². The molecule has 0 atom stereocenters. The smallest absolute Gasteiger partial charge is 0.267 e. The van der Waals surface area contributed by atoms with Crippen molar-refractivity contribution in [3.8, 4) is 0 Å². The van der Waals surface area contributed by atoms with E-state index < -0.39 is 0 Å². The van der Waals surface area contributed by atoms with Gasteiger partial charge in [-0.15, -0.1) is 0 Å². The highest BCUT2D eigenvalue weighted by atomic mass is 16.2. The SMILES string of the molecule is Cc1ccc2[nH]c(C(=O)NC3CCN(C(=O)C4CC4)CC3)cc2c1. The topological polar surface area (TPSA) is 65.2 Å². The van der Waals surface area contributed by atoms with Gasteiger partial charge < -0.3 is 15.2 Å². The van der Waals surface area contributed by atoms with Crippen molar-refractivity contribution >= 4 is 22.7 Å². The zero-order chi connectivity index (χ0) is 16.7. The van der Waals surface area contributed by atoms with E-state index in [0.717, 1.165) is 49.7 Å². The molecule has 2 aliphatic rings. The van der Waals surface area contributed by atoms with Crippen LogP contribution in [0.25, 0.3) is 10.9 Å². The molecule has 2 aromatic rings. The number of nitrogens with zero attached hydrogens (tertiary/aromatic N) is 1. The Morgan fingerprint density at radius 1 is 1.12 bits per heavy atom. The standard InChI is InChI=1S/C19H23N3O2/c1-12-2-5-16-14(10-12)11-17(21-16)18(23)20-15-6-8-22(9-7-15)19(24)13-3-4-13/h2,5,10-11,13,15,21H,3-4,6-9H2,1H3,(H,20,23). The average Bonchev–Trinajstić information content (AvgIpc) is 3.34. The van der Waals surface area contributed by atoms with Crippen molar-refractivity contribution in [1.29, 1.82) is 0 Å². The number of amides is 2. The highest BCUT2D eigenvalue weighted by Gasteiger charge is 2.35. The molecular weight excluding hydrogens is 302 g/mol. The van der Waals surface area contributed by atoms with Gasteiger partial charge in [0, 0.05) is 36.0 Å². The van der Waals surface area contributed by atoms with Gasteiger partial charge in [-0.1, -0.05) is 11.6 Å². The van der Waals surface area contributed by atoms with Crippen molar-refractivity contribution in [2.75, 3.05) is 13.1 Å². The van der Waals surface area contributed by atoms with Crippen LogP contribution in [0.15, 0.2) is 24.3 Å². The highest BCUT2D eigenvalue weighted by Crippen LogP contribution is 2.31. The summed E-state index contributed by atoms with van der Waals surface area (Å²) in [6, 6.07) is 8.17. The minimum Gasteiger partial charge on any atom is -0.351 e. The van der Waals surface area contributed by atoms with E-state index in [2.05, 4.69) is 16.4 Å². The number of carbonyl (C=O) groups is 2. The maximum atomic E-state index is 12.5. The first-order chi connectivity index (χ1) is 11.6. The Labute approximate surface area is 141 Å². The minimum absolute atomic E-state index is 0.0594. The molecule has 1 aromatic heterocycles. The summed E-state index contributed by atoms with van der Waals surface area (Å²) >= 11 is 0.